The van der Waals surface area contributed by atoms with Gasteiger partial charge in [-0.3, -0.25) is 34.7 Å². The predicted molar refractivity (Wildman–Crippen MR) is 307 cm³/mol. The number of carbonyl (C=O) groups excluding carboxylic acids is 1. The van der Waals surface area contributed by atoms with E-state index in [1.54, 1.807) is 18.5 Å². The van der Waals surface area contributed by atoms with E-state index < -0.39 is 37.5 Å². The molecule has 6 aromatic rings. The molecule has 14 rings (SSSR count). The third kappa shape index (κ3) is 10.1. The highest BCUT2D eigenvalue weighted by molar-refractivity contribution is 7.90. The standard InChI is InChI=1S/C60H69N11O11S/c1-36(2)81-52-6-4-3-5-42(52)50-31-68(51-34-79-32-45-55(51)62-17-16-61-45)20-21-69(50)40-29-60(30-40)13-18-67(19-14-60)39-7-8-43(47(26-39)70-46-12-24-78-35-54(46)82-59-49(70)25-38-9-15-63-57(38)65-59)58(72)66-83(75,76)41-27-48(71(73)74)56-53(28-41)80-33-44(64-56)37-10-22-77-23-11-37/h3-9,15-17,25-28,36-37,40,44,46,50-51,54,64H,10-14,18-24,29-35H2,1-2H3,(H,63,65)(H,66,72)/t44-,46-,50-,51+,54-/m0/s1. The first kappa shape index (κ1) is 53.8. The lowest BCUT2D eigenvalue weighted by atomic mass is 9.59. The van der Waals surface area contributed by atoms with Gasteiger partial charge in [-0.2, -0.15) is 4.98 Å². The largest absolute Gasteiger partial charge is 0.491 e. The first-order valence-electron chi connectivity index (χ1n) is 29.3. The Morgan fingerprint density at radius 2 is 1.71 bits per heavy atom. The Morgan fingerprint density at radius 3 is 2.54 bits per heavy atom. The van der Waals surface area contributed by atoms with Gasteiger partial charge in [-0.05, 0) is 107 Å². The number of pyridine rings is 1. The number of nitro groups is 1. The summed E-state index contributed by atoms with van der Waals surface area (Å²) in [4.78, 5) is 53.7. The topological polar surface area (TPSA) is 241 Å². The molecule has 436 valence electrons. The summed E-state index contributed by atoms with van der Waals surface area (Å²) in [5, 5.41) is 16.7. The number of nitrogens with one attached hydrogen (secondary N) is 3. The molecule has 22 nitrogen and oxygen atoms in total. The van der Waals surface area contributed by atoms with Gasteiger partial charge in [0.1, 0.15) is 29.8 Å². The number of benzene rings is 3. The molecule has 3 aromatic carbocycles. The zero-order valence-electron chi connectivity index (χ0n) is 46.6. The molecule has 1 aliphatic carbocycles. The van der Waals surface area contributed by atoms with Crippen molar-refractivity contribution in [3.63, 3.8) is 0 Å². The van der Waals surface area contributed by atoms with Crippen molar-refractivity contribution in [2.75, 3.05) is 87.5 Å². The fraction of sp³-hybridized carbons (Fsp3) is 0.500. The molecule has 3 aromatic heterocycles. The smallest absolute Gasteiger partial charge is 0.297 e. The Kier molecular flexibility index (Phi) is 14.1. The van der Waals surface area contributed by atoms with Crippen LogP contribution < -0.4 is 34.0 Å². The second-order valence-corrected chi connectivity index (χ2v) is 25.5. The normalized spacial score (nSPS) is 24.8. The van der Waals surface area contributed by atoms with Crippen LogP contribution in [-0.2, 0) is 30.8 Å². The van der Waals surface area contributed by atoms with Crippen molar-refractivity contribution in [3.8, 4) is 17.4 Å². The number of rotatable bonds is 12. The van der Waals surface area contributed by atoms with Gasteiger partial charge in [-0.25, -0.2) is 13.1 Å². The number of aromatic amines is 1. The number of hydrogen-bond acceptors (Lipinski definition) is 19. The van der Waals surface area contributed by atoms with Crippen LogP contribution in [0.1, 0.15) is 98.2 Å². The molecule has 8 aliphatic rings. The van der Waals surface area contributed by atoms with Gasteiger partial charge in [0.05, 0.1) is 82.5 Å². The number of carbonyl (C=O) groups is 1. The number of piperidine rings is 1. The zero-order valence-corrected chi connectivity index (χ0v) is 47.4. The molecule has 4 saturated heterocycles. The third-order valence-electron chi connectivity index (χ3n) is 18.6. The summed E-state index contributed by atoms with van der Waals surface area (Å²) in [7, 11) is -4.72. The van der Waals surface area contributed by atoms with Crippen LogP contribution >= 0.6 is 0 Å². The Balaban J connectivity index is 0.740. The van der Waals surface area contributed by atoms with Gasteiger partial charge in [0, 0.05) is 106 Å². The van der Waals surface area contributed by atoms with Crippen molar-refractivity contribution in [1.29, 1.82) is 0 Å². The van der Waals surface area contributed by atoms with Crippen molar-refractivity contribution in [2.24, 2.45) is 11.3 Å². The van der Waals surface area contributed by atoms with E-state index in [9.17, 15) is 23.3 Å². The van der Waals surface area contributed by atoms with E-state index in [2.05, 4.69) is 77.7 Å². The molecule has 23 heteroatoms. The summed E-state index contributed by atoms with van der Waals surface area (Å²) < 4.78 is 68.0. The average Bonchev–Trinajstić information content (AvgIpc) is 4.15. The van der Waals surface area contributed by atoms with E-state index in [0.717, 1.165) is 106 Å². The molecule has 0 bridgehead atoms. The maximum atomic E-state index is 15.0. The number of anilines is 4. The molecule has 10 heterocycles. The van der Waals surface area contributed by atoms with Crippen molar-refractivity contribution in [2.45, 2.75) is 113 Å². The van der Waals surface area contributed by atoms with Crippen molar-refractivity contribution >= 4 is 55.4 Å². The number of amides is 1. The van der Waals surface area contributed by atoms with Crippen molar-refractivity contribution in [3.05, 3.63) is 118 Å². The number of nitro benzene ring substituents is 1. The number of hydrogen-bond donors (Lipinski definition) is 3. The van der Waals surface area contributed by atoms with Crippen molar-refractivity contribution < 1.29 is 46.6 Å². The summed E-state index contributed by atoms with van der Waals surface area (Å²) in [6.45, 7) is 11.4. The number of fused-ring (bicyclic) bond motifs is 5. The second kappa shape index (κ2) is 21.8. The molecular formula is C60H69N11O11S. The van der Waals surface area contributed by atoms with E-state index in [-0.39, 0.29) is 71.8 Å². The molecule has 7 aliphatic heterocycles. The van der Waals surface area contributed by atoms with Crippen LogP contribution in [0.5, 0.6) is 17.4 Å². The molecule has 1 spiro atoms. The fourth-order valence-corrected chi connectivity index (χ4v) is 15.4. The first-order chi connectivity index (χ1) is 40.3. The lowest BCUT2D eigenvalue weighted by Crippen LogP contribution is -2.60. The first-order valence-corrected chi connectivity index (χ1v) is 30.7. The molecular weight excluding hydrogens is 1080 g/mol. The molecule has 0 unspecified atom stereocenters. The van der Waals surface area contributed by atoms with E-state index >= 15 is 0 Å². The van der Waals surface area contributed by atoms with Gasteiger partial charge in [0.25, 0.3) is 21.6 Å². The minimum atomic E-state index is -4.72. The number of ether oxygens (including phenoxy) is 6. The number of aromatic nitrogens is 4. The quantitative estimate of drug-likeness (QED) is 0.0781. The number of piperazine rings is 1. The molecule has 1 saturated carbocycles. The highest BCUT2D eigenvalue weighted by atomic mass is 32.2. The van der Waals surface area contributed by atoms with Gasteiger partial charge < -0.3 is 48.5 Å². The van der Waals surface area contributed by atoms with Crippen molar-refractivity contribution in [1.82, 2.24) is 34.5 Å². The number of para-hydroxylation sites is 1. The van der Waals surface area contributed by atoms with Crippen LogP contribution in [0.25, 0.3) is 11.0 Å². The van der Waals surface area contributed by atoms with Crippen LogP contribution in [-0.4, -0.2) is 152 Å². The molecule has 3 N–H and O–H groups in total. The average molecular weight is 1150 g/mol. The third-order valence-corrected chi connectivity index (χ3v) is 19.9. The summed E-state index contributed by atoms with van der Waals surface area (Å²) in [6, 6.07) is 20.2. The Hall–Kier alpha value is -7.15. The van der Waals surface area contributed by atoms with Gasteiger partial charge in [-0.15, -0.1) is 0 Å². The SMILES string of the molecule is CC(C)Oc1ccccc1[C@@H]1CN([C@@H]2COCc3nccnc32)CCN1C1CC2(CCN(c3ccc(C(=O)NS(=O)(=O)c4cc5c(c([N+](=O)[O-])c4)N[C@H](C4CCOCC4)CO5)c(N4c5cc6cc[nH]c6nc5O[C@H]5COCC[C@@H]54)c3)CC2)C1. The summed E-state index contributed by atoms with van der Waals surface area (Å²) in [5.74, 6) is 0.549. The van der Waals surface area contributed by atoms with E-state index in [0.29, 0.717) is 68.4 Å². The highest BCUT2D eigenvalue weighted by Crippen LogP contribution is 2.55. The van der Waals surface area contributed by atoms with E-state index in [1.165, 1.54) is 11.6 Å². The van der Waals surface area contributed by atoms with E-state index in [1.807, 2.05) is 30.5 Å². The Bertz CT molecular complexity index is 3560. The van der Waals surface area contributed by atoms with Gasteiger partial charge in [0.15, 0.2) is 11.4 Å². The highest BCUT2D eigenvalue weighted by Gasteiger charge is 2.51. The van der Waals surface area contributed by atoms with Crippen LogP contribution in [0.15, 0.2) is 90.2 Å². The fourth-order valence-electron chi connectivity index (χ4n) is 14.4. The zero-order chi connectivity index (χ0) is 56.6. The van der Waals surface area contributed by atoms with Gasteiger partial charge in [-0.1, -0.05) is 18.2 Å². The predicted octanol–water partition coefficient (Wildman–Crippen LogP) is 7.83. The van der Waals surface area contributed by atoms with Crippen LogP contribution in [0.3, 0.4) is 0 Å². The minimum absolute atomic E-state index is 0.0164. The lowest BCUT2D eigenvalue weighted by Gasteiger charge is -2.58. The number of H-pyrrole nitrogens is 1. The summed E-state index contributed by atoms with van der Waals surface area (Å²) >= 11 is 0. The second-order valence-electron chi connectivity index (χ2n) is 23.8. The lowest BCUT2D eigenvalue weighted by molar-refractivity contribution is -0.384. The molecule has 0 radical (unpaired) electrons. The maximum absolute atomic E-state index is 15.0. The van der Waals surface area contributed by atoms with E-state index in [4.69, 9.17) is 38.4 Å². The molecule has 5 atom stereocenters. The molecule has 1 amide bonds. The maximum Gasteiger partial charge on any atom is 0.297 e. The van der Waals surface area contributed by atoms with Crippen LogP contribution in [0.2, 0.25) is 0 Å². The van der Waals surface area contributed by atoms with Crippen LogP contribution in [0, 0.1) is 21.4 Å². The number of nitrogens with zero attached hydrogens (tertiary/aromatic N) is 8. The number of sulfonamides is 1. The minimum Gasteiger partial charge on any atom is -0.491 e. The van der Waals surface area contributed by atoms with Gasteiger partial charge >= 0.3 is 0 Å². The Morgan fingerprint density at radius 1 is 0.892 bits per heavy atom. The molecule has 83 heavy (non-hydrogen) atoms. The summed E-state index contributed by atoms with van der Waals surface area (Å²) in [6.07, 6.45) is 11.1. The monoisotopic (exact) mass is 1150 g/mol. The molecule has 5 fully saturated rings. The Labute approximate surface area is 481 Å². The summed E-state index contributed by atoms with van der Waals surface area (Å²) in [5.41, 5.74) is 5.62. The van der Waals surface area contributed by atoms with Gasteiger partial charge in [0.2, 0.25) is 5.88 Å². The van der Waals surface area contributed by atoms with Crippen LogP contribution in [0.4, 0.5) is 28.4 Å².